The summed E-state index contributed by atoms with van der Waals surface area (Å²) in [4.78, 5) is 0. The van der Waals surface area contributed by atoms with Crippen molar-refractivity contribution in [1.29, 1.82) is 0 Å². The Bertz CT molecular complexity index is 978. The molecule has 0 radical (unpaired) electrons. The molecule has 2 heterocycles. The van der Waals surface area contributed by atoms with E-state index in [9.17, 15) is 5.11 Å². The zero-order valence-electron chi connectivity index (χ0n) is 10.9. The van der Waals surface area contributed by atoms with Gasteiger partial charge in [0, 0.05) is 5.56 Å². The van der Waals surface area contributed by atoms with Crippen LogP contribution in [-0.2, 0) is 0 Å². The van der Waals surface area contributed by atoms with E-state index < -0.39 is 0 Å². The fourth-order valence-electron chi connectivity index (χ4n) is 2.47. The van der Waals surface area contributed by atoms with Crippen molar-refractivity contribution in [1.82, 2.24) is 14.6 Å². The molecule has 0 atom stereocenters. The third-order valence-corrected chi connectivity index (χ3v) is 3.79. The number of hydrogen-bond donors (Lipinski definition) is 1. The second kappa shape index (κ2) is 4.46. The van der Waals surface area contributed by atoms with Gasteiger partial charge >= 0.3 is 0 Å². The van der Waals surface area contributed by atoms with E-state index in [2.05, 4.69) is 10.2 Å². The van der Waals surface area contributed by atoms with Crippen LogP contribution in [0.5, 0.6) is 5.75 Å². The Kier molecular flexibility index (Phi) is 2.59. The van der Waals surface area contributed by atoms with Crippen LogP contribution in [0.1, 0.15) is 0 Å². The van der Waals surface area contributed by atoms with Gasteiger partial charge in [-0.25, -0.2) is 0 Å². The molecule has 0 amide bonds. The number of para-hydroxylation sites is 1. The Labute approximate surface area is 125 Å². The van der Waals surface area contributed by atoms with E-state index in [1.807, 2.05) is 40.8 Å². The molecular formula is C16H10ClN3O. The molecule has 0 saturated heterocycles. The van der Waals surface area contributed by atoms with Gasteiger partial charge in [0.2, 0.25) is 0 Å². The van der Waals surface area contributed by atoms with Gasteiger partial charge in [-0.05, 0) is 41.8 Å². The molecule has 5 heteroatoms. The lowest BCUT2D eigenvalue weighted by Gasteiger charge is -2.05. The Hall–Kier alpha value is -2.59. The lowest BCUT2D eigenvalue weighted by Crippen LogP contribution is -1.92. The molecule has 0 unspecified atom stereocenters. The quantitative estimate of drug-likeness (QED) is 0.579. The molecule has 4 nitrogen and oxygen atoms in total. The maximum Gasteiger partial charge on any atom is 0.168 e. The predicted octanol–water partition coefficient (Wildman–Crippen LogP) is 3.91. The highest BCUT2D eigenvalue weighted by Gasteiger charge is 2.12. The third-order valence-electron chi connectivity index (χ3n) is 3.48. The summed E-state index contributed by atoms with van der Waals surface area (Å²) in [7, 11) is 0. The average Bonchev–Trinajstić information content (AvgIpc) is 2.94. The van der Waals surface area contributed by atoms with Crippen LogP contribution in [0.2, 0.25) is 5.02 Å². The van der Waals surface area contributed by atoms with Crippen LogP contribution >= 0.6 is 11.6 Å². The molecular weight excluding hydrogens is 286 g/mol. The summed E-state index contributed by atoms with van der Waals surface area (Å²) in [6.07, 6.45) is 0. The first-order valence-corrected chi connectivity index (χ1v) is 6.83. The monoisotopic (exact) mass is 295 g/mol. The van der Waals surface area contributed by atoms with Crippen LogP contribution < -0.4 is 0 Å². The fourth-order valence-corrected chi connectivity index (χ4v) is 2.65. The van der Waals surface area contributed by atoms with Gasteiger partial charge in [-0.1, -0.05) is 29.8 Å². The zero-order chi connectivity index (χ0) is 14.4. The second-order valence-electron chi connectivity index (χ2n) is 4.78. The molecule has 0 aliphatic carbocycles. The highest BCUT2D eigenvalue weighted by molar-refractivity contribution is 6.32. The van der Waals surface area contributed by atoms with Crippen molar-refractivity contribution in [3.8, 4) is 17.1 Å². The van der Waals surface area contributed by atoms with Crippen molar-refractivity contribution >= 4 is 28.2 Å². The van der Waals surface area contributed by atoms with E-state index in [0.29, 0.717) is 10.8 Å². The number of phenolic OH excluding ortho intramolecular Hbond substituents is 1. The highest BCUT2D eigenvalue weighted by Crippen LogP contribution is 2.30. The predicted molar refractivity (Wildman–Crippen MR) is 82.6 cm³/mol. The Balaban J connectivity index is 2.09. The Morgan fingerprint density at radius 2 is 1.81 bits per heavy atom. The van der Waals surface area contributed by atoms with Gasteiger partial charge in [0.05, 0.1) is 10.5 Å². The molecule has 0 aliphatic rings. The highest BCUT2D eigenvalue weighted by atomic mass is 35.5. The molecule has 2 aromatic heterocycles. The number of fused-ring (bicyclic) bond motifs is 3. The number of aromatic nitrogens is 3. The normalized spacial score (nSPS) is 11.3. The lowest BCUT2D eigenvalue weighted by atomic mass is 10.2. The molecule has 1 N–H and O–H groups in total. The van der Waals surface area contributed by atoms with Gasteiger partial charge in [0.25, 0.3) is 0 Å². The number of halogens is 1. The van der Waals surface area contributed by atoms with E-state index in [-0.39, 0.29) is 5.75 Å². The number of nitrogens with zero attached hydrogens (tertiary/aromatic N) is 3. The van der Waals surface area contributed by atoms with Gasteiger partial charge in [-0.15, -0.1) is 10.2 Å². The van der Waals surface area contributed by atoms with E-state index in [0.717, 1.165) is 22.1 Å². The molecule has 0 bridgehead atoms. The average molecular weight is 296 g/mol. The van der Waals surface area contributed by atoms with Gasteiger partial charge in [0.15, 0.2) is 11.5 Å². The minimum atomic E-state index is 0.0547. The summed E-state index contributed by atoms with van der Waals surface area (Å²) in [6.45, 7) is 0. The molecule has 102 valence electrons. The SMILES string of the molecule is Oc1ccc(-c2nnc3ccc4ccccc4n23)cc1Cl. The van der Waals surface area contributed by atoms with E-state index in [4.69, 9.17) is 11.6 Å². The van der Waals surface area contributed by atoms with Gasteiger partial charge < -0.3 is 5.11 Å². The molecule has 4 rings (SSSR count). The van der Waals surface area contributed by atoms with E-state index in [1.165, 1.54) is 0 Å². The number of hydrogen-bond acceptors (Lipinski definition) is 3. The molecule has 0 fully saturated rings. The third kappa shape index (κ3) is 1.84. The minimum Gasteiger partial charge on any atom is -0.506 e. The fraction of sp³-hybridized carbons (Fsp3) is 0. The summed E-state index contributed by atoms with van der Waals surface area (Å²) in [5, 5.41) is 19.4. The maximum absolute atomic E-state index is 9.55. The van der Waals surface area contributed by atoms with Crippen LogP contribution in [0.15, 0.2) is 54.6 Å². The molecule has 0 aliphatic heterocycles. The van der Waals surface area contributed by atoms with E-state index in [1.54, 1.807) is 18.2 Å². The summed E-state index contributed by atoms with van der Waals surface area (Å²) in [6, 6.07) is 17.0. The zero-order valence-corrected chi connectivity index (χ0v) is 11.6. The van der Waals surface area contributed by atoms with Crippen LogP contribution in [0.4, 0.5) is 0 Å². The van der Waals surface area contributed by atoms with Crippen LogP contribution in [0.25, 0.3) is 27.9 Å². The maximum atomic E-state index is 9.55. The van der Waals surface area contributed by atoms with Crippen molar-refractivity contribution in [2.45, 2.75) is 0 Å². The second-order valence-corrected chi connectivity index (χ2v) is 5.18. The van der Waals surface area contributed by atoms with Crippen LogP contribution in [-0.4, -0.2) is 19.7 Å². The largest absolute Gasteiger partial charge is 0.506 e. The number of benzene rings is 2. The Morgan fingerprint density at radius 3 is 2.67 bits per heavy atom. The Morgan fingerprint density at radius 1 is 0.952 bits per heavy atom. The van der Waals surface area contributed by atoms with Crippen molar-refractivity contribution in [3.05, 3.63) is 59.6 Å². The van der Waals surface area contributed by atoms with Crippen LogP contribution in [0.3, 0.4) is 0 Å². The van der Waals surface area contributed by atoms with Gasteiger partial charge in [-0.3, -0.25) is 4.40 Å². The standard InChI is InChI=1S/C16H10ClN3O/c17-12-9-11(5-7-14(12)21)16-19-18-15-8-6-10-3-1-2-4-13(10)20(15)16/h1-9,21H. The lowest BCUT2D eigenvalue weighted by molar-refractivity contribution is 0.475. The first-order valence-electron chi connectivity index (χ1n) is 6.46. The smallest absolute Gasteiger partial charge is 0.168 e. The van der Waals surface area contributed by atoms with Crippen LogP contribution in [0, 0.1) is 0 Å². The molecule has 21 heavy (non-hydrogen) atoms. The van der Waals surface area contributed by atoms with Gasteiger partial charge in [0.1, 0.15) is 5.75 Å². The number of rotatable bonds is 1. The topological polar surface area (TPSA) is 50.4 Å². The molecule has 4 aromatic rings. The van der Waals surface area contributed by atoms with Crippen molar-refractivity contribution in [2.75, 3.05) is 0 Å². The molecule has 0 saturated carbocycles. The van der Waals surface area contributed by atoms with Crippen molar-refractivity contribution in [3.63, 3.8) is 0 Å². The number of phenols is 1. The minimum absolute atomic E-state index is 0.0547. The van der Waals surface area contributed by atoms with E-state index >= 15 is 0 Å². The summed E-state index contributed by atoms with van der Waals surface area (Å²) < 4.78 is 1.98. The van der Waals surface area contributed by atoms with Crippen molar-refractivity contribution in [2.24, 2.45) is 0 Å². The first kappa shape index (κ1) is 12.2. The number of aromatic hydroxyl groups is 1. The molecule has 0 spiro atoms. The summed E-state index contributed by atoms with van der Waals surface area (Å²) in [5.74, 6) is 0.753. The summed E-state index contributed by atoms with van der Waals surface area (Å²) >= 11 is 5.99. The first-order chi connectivity index (χ1) is 10.2. The van der Waals surface area contributed by atoms with Crippen molar-refractivity contribution < 1.29 is 5.11 Å². The summed E-state index contributed by atoms with van der Waals surface area (Å²) in [5.41, 5.74) is 2.61. The molecule has 2 aromatic carbocycles. The van der Waals surface area contributed by atoms with Gasteiger partial charge in [-0.2, -0.15) is 0 Å². The number of pyridine rings is 1.